The van der Waals surface area contributed by atoms with Crippen LogP contribution in [0.1, 0.15) is 17.5 Å². The average molecular weight is 390 g/mol. The van der Waals surface area contributed by atoms with E-state index in [1.807, 2.05) is 0 Å². The molecule has 0 spiro atoms. The number of alkyl halides is 6. The van der Waals surface area contributed by atoms with Gasteiger partial charge in [0.25, 0.3) is 0 Å². The van der Waals surface area contributed by atoms with Gasteiger partial charge in [0.2, 0.25) is 11.8 Å². The van der Waals surface area contributed by atoms with E-state index < -0.39 is 41.7 Å². The molecule has 10 heteroatoms. The van der Waals surface area contributed by atoms with Crippen molar-refractivity contribution in [1.29, 1.82) is 0 Å². The summed E-state index contributed by atoms with van der Waals surface area (Å²) in [5.41, 5.74) is -2.29. The van der Waals surface area contributed by atoms with Crippen molar-refractivity contribution in [3.63, 3.8) is 0 Å². The Morgan fingerprint density at radius 1 is 0.704 bits per heavy atom. The zero-order valence-electron chi connectivity index (χ0n) is 13.4. The summed E-state index contributed by atoms with van der Waals surface area (Å²) in [5, 5.41) is 4.25. The van der Waals surface area contributed by atoms with Gasteiger partial charge in [0.05, 0.1) is 11.1 Å². The molecule has 0 aliphatic carbocycles. The third-order valence-electron chi connectivity index (χ3n) is 3.27. The summed E-state index contributed by atoms with van der Waals surface area (Å²) in [6.45, 7) is 0. The van der Waals surface area contributed by atoms with E-state index in [1.54, 1.807) is 0 Å². The van der Waals surface area contributed by atoms with Crippen LogP contribution in [0, 0.1) is 0 Å². The molecule has 0 fully saturated rings. The van der Waals surface area contributed by atoms with E-state index in [0.717, 1.165) is 24.3 Å². The van der Waals surface area contributed by atoms with Crippen molar-refractivity contribution in [2.45, 2.75) is 18.8 Å². The smallest absolute Gasteiger partial charge is 0.326 e. The lowest BCUT2D eigenvalue weighted by Gasteiger charge is -2.11. The zero-order valence-corrected chi connectivity index (χ0v) is 13.4. The Bertz CT molecular complexity index is 776. The Kier molecular flexibility index (Phi) is 5.77. The van der Waals surface area contributed by atoms with Gasteiger partial charge in [-0.25, -0.2) is 0 Å². The molecule has 2 aromatic rings. The van der Waals surface area contributed by atoms with Crippen LogP contribution in [0.2, 0.25) is 0 Å². The summed E-state index contributed by atoms with van der Waals surface area (Å²) < 4.78 is 75.7. The quantitative estimate of drug-likeness (QED) is 0.588. The minimum absolute atomic E-state index is 0.165. The van der Waals surface area contributed by atoms with Crippen LogP contribution < -0.4 is 10.6 Å². The lowest BCUT2D eigenvalue weighted by molar-refractivity contribution is -0.138. The molecule has 2 amide bonds. The molecule has 0 radical (unpaired) electrons. The van der Waals surface area contributed by atoms with Crippen LogP contribution in [-0.4, -0.2) is 11.8 Å². The maximum atomic E-state index is 12.6. The van der Waals surface area contributed by atoms with E-state index in [0.29, 0.717) is 12.1 Å². The molecule has 0 saturated heterocycles. The van der Waals surface area contributed by atoms with Crippen LogP contribution >= 0.6 is 0 Å². The van der Waals surface area contributed by atoms with Crippen LogP contribution in [-0.2, 0) is 21.9 Å². The highest BCUT2D eigenvalue weighted by molar-refractivity contribution is 6.08. The van der Waals surface area contributed by atoms with Gasteiger partial charge in [-0.3, -0.25) is 9.59 Å². The molecule has 2 aromatic carbocycles. The first kappa shape index (κ1) is 20.3. The molecule has 0 atom stereocenters. The lowest BCUT2D eigenvalue weighted by atomic mass is 10.2. The van der Waals surface area contributed by atoms with Crippen molar-refractivity contribution in [1.82, 2.24) is 0 Å². The molecule has 0 bridgehead atoms. The summed E-state index contributed by atoms with van der Waals surface area (Å²) in [7, 11) is 0. The van der Waals surface area contributed by atoms with E-state index in [1.165, 1.54) is 12.1 Å². The molecule has 0 aliphatic rings. The number of hydrogen-bond acceptors (Lipinski definition) is 2. The highest BCUT2D eigenvalue weighted by atomic mass is 19.4. The van der Waals surface area contributed by atoms with Gasteiger partial charge in [0.15, 0.2) is 0 Å². The Morgan fingerprint density at radius 2 is 1.07 bits per heavy atom. The van der Waals surface area contributed by atoms with E-state index >= 15 is 0 Å². The number of rotatable bonds is 4. The number of benzene rings is 2. The summed E-state index contributed by atoms with van der Waals surface area (Å²) in [5.74, 6) is -1.84. The molecule has 27 heavy (non-hydrogen) atoms. The molecular weight excluding hydrogens is 378 g/mol. The van der Waals surface area contributed by atoms with E-state index in [4.69, 9.17) is 0 Å². The third kappa shape index (κ3) is 6.01. The van der Waals surface area contributed by atoms with E-state index in [-0.39, 0.29) is 11.4 Å². The molecule has 2 N–H and O–H groups in total. The van der Waals surface area contributed by atoms with Crippen molar-refractivity contribution in [2.24, 2.45) is 0 Å². The SMILES string of the molecule is O=C(CC(=O)Nc1cccc(C(F)(F)F)c1)Nc1cccc(C(F)(F)F)c1. The average Bonchev–Trinajstić information content (AvgIpc) is 2.53. The second-order valence-electron chi connectivity index (χ2n) is 5.43. The number of carbonyl (C=O) groups is 2. The molecule has 0 saturated carbocycles. The monoisotopic (exact) mass is 390 g/mol. The van der Waals surface area contributed by atoms with Gasteiger partial charge in [-0.1, -0.05) is 12.1 Å². The molecule has 2 rings (SSSR count). The second kappa shape index (κ2) is 7.68. The van der Waals surface area contributed by atoms with Gasteiger partial charge in [0.1, 0.15) is 6.42 Å². The topological polar surface area (TPSA) is 58.2 Å². The lowest BCUT2D eigenvalue weighted by Crippen LogP contribution is -2.21. The fourth-order valence-electron chi connectivity index (χ4n) is 2.10. The van der Waals surface area contributed by atoms with Crippen molar-refractivity contribution < 1.29 is 35.9 Å². The molecule has 0 heterocycles. The summed E-state index contributed by atoms with van der Waals surface area (Å²) in [4.78, 5) is 23.5. The third-order valence-corrected chi connectivity index (χ3v) is 3.27. The predicted octanol–water partition coefficient (Wildman–Crippen LogP) is 4.69. The summed E-state index contributed by atoms with van der Waals surface area (Å²) >= 11 is 0. The van der Waals surface area contributed by atoms with Gasteiger partial charge in [-0.2, -0.15) is 26.3 Å². The minimum Gasteiger partial charge on any atom is -0.326 e. The van der Waals surface area contributed by atoms with Crippen LogP contribution in [0.3, 0.4) is 0 Å². The van der Waals surface area contributed by atoms with Crippen molar-refractivity contribution >= 4 is 23.2 Å². The maximum absolute atomic E-state index is 12.6. The highest BCUT2D eigenvalue weighted by Gasteiger charge is 2.31. The maximum Gasteiger partial charge on any atom is 0.416 e. The van der Waals surface area contributed by atoms with Gasteiger partial charge in [-0.05, 0) is 36.4 Å². The van der Waals surface area contributed by atoms with Crippen molar-refractivity contribution in [2.75, 3.05) is 10.6 Å². The molecule has 0 unspecified atom stereocenters. The first-order valence-electron chi connectivity index (χ1n) is 7.39. The fraction of sp³-hybridized carbons (Fsp3) is 0.176. The molecule has 144 valence electrons. The van der Waals surface area contributed by atoms with Crippen molar-refractivity contribution in [3.05, 3.63) is 59.7 Å². The minimum atomic E-state index is -4.60. The largest absolute Gasteiger partial charge is 0.416 e. The van der Waals surface area contributed by atoms with Crippen LogP contribution in [0.15, 0.2) is 48.5 Å². The number of nitrogens with one attached hydrogen (secondary N) is 2. The fourth-order valence-corrected chi connectivity index (χ4v) is 2.10. The van der Waals surface area contributed by atoms with E-state index in [2.05, 4.69) is 10.6 Å². The predicted molar refractivity (Wildman–Crippen MR) is 84.8 cm³/mol. The molecule has 4 nitrogen and oxygen atoms in total. The standard InChI is InChI=1S/C17H12F6N2O2/c18-16(19,20)10-3-1-5-12(7-10)24-14(26)9-15(27)25-13-6-2-4-11(8-13)17(21,22)23/h1-8H,9H2,(H,24,26)(H,25,27). The van der Waals surface area contributed by atoms with Crippen molar-refractivity contribution in [3.8, 4) is 0 Å². The van der Waals surface area contributed by atoms with E-state index in [9.17, 15) is 35.9 Å². The summed E-state index contributed by atoms with van der Waals surface area (Å²) in [6, 6.07) is 7.61. The Balaban J connectivity index is 1.98. The van der Waals surface area contributed by atoms with Gasteiger partial charge >= 0.3 is 12.4 Å². The zero-order chi connectivity index (χ0) is 20.2. The second-order valence-corrected chi connectivity index (χ2v) is 5.43. The Morgan fingerprint density at radius 3 is 1.41 bits per heavy atom. The van der Waals surface area contributed by atoms with Gasteiger partial charge < -0.3 is 10.6 Å². The number of carbonyl (C=O) groups excluding carboxylic acids is 2. The van der Waals surface area contributed by atoms with Crippen LogP contribution in [0.5, 0.6) is 0 Å². The Hall–Kier alpha value is -3.04. The van der Waals surface area contributed by atoms with Crippen LogP contribution in [0.25, 0.3) is 0 Å². The number of hydrogen-bond donors (Lipinski definition) is 2. The number of anilines is 2. The van der Waals surface area contributed by atoms with Crippen LogP contribution in [0.4, 0.5) is 37.7 Å². The number of amides is 2. The first-order valence-corrected chi connectivity index (χ1v) is 7.39. The van der Waals surface area contributed by atoms with Gasteiger partial charge in [0, 0.05) is 11.4 Å². The molecular formula is C17H12F6N2O2. The summed E-state index contributed by atoms with van der Waals surface area (Å²) in [6.07, 6.45) is -9.98. The molecule has 0 aliphatic heterocycles. The Labute approximate surface area is 149 Å². The first-order chi connectivity index (χ1) is 12.4. The number of halogens is 6. The molecule has 0 aromatic heterocycles. The van der Waals surface area contributed by atoms with Gasteiger partial charge in [-0.15, -0.1) is 0 Å². The normalized spacial score (nSPS) is 11.8. The highest BCUT2D eigenvalue weighted by Crippen LogP contribution is 2.31.